The minimum atomic E-state index is -4.68. The maximum atomic E-state index is 14.1. The molecule has 36 heavy (non-hydrogen) atoms. The van der Waals surface area contributed by atoms with Gasteiger partial charge >= 0.3 is 6.18 Å². The number of fused-ring (bicyclic) bond motifs is 1. The Morgan fingerprint density at radius 3 is 2.44 bits per heavy atom. The highest BCUT2D eigenvalue weighted by Crippen LogP contribution is 2.82. The van der Waals surface area contributed by atoms with Gasteiger partial charge in [-0.15, -0.1) is 0 Å². The fourth-order valence-corrected chi connectivity index (χ4v) is 6.92. The average Bonchev–Trinajstić information content (AvgIpc) is 3.06. The summed E-state index contributed by atoms with van der Waals surface area (Å²) in [5, 5.41) is 14.9. The van der Waals surface area contributed by atoms with E-state index in [-0.39, 0.29) is 43.4 Å². The predicted octanol–water partition coefficient (Wildman–Crippen LogP) is 2.30. The van der Waals surface area contributed by atoms with Crippen LogP contribution in [-0.2, 0) is 16.1 Å². The summed E-state index contributed by atoms with van der Waals surface area (Å²) < 4.78 is 42.4. The smallest absolute Gasteiger partial charge is 0.390 e. The summed E-state index contributed by atoms with van der Waals surface area (Å²) in [7, 11) is 0. The van der Waals surface area contributed by atoms with Gasteiger partial charge in [-0.25, -0.2) is 0 Å². The van der Waals surface area contributed by atoms with Gasteiger partial charge in [0.2, 0.25) is 11.8 Å². The van der Waals surface area contributed by atoms with Crippen LogP contribution in [0.4, 0.5) is 13.2 Å². The van der Waals surface area contributed by atoms with Crippen LogP contribution in [0.25, 0.3) is 0 Å². The number of halogens is 3. The van der Waals surface area contributed by atoms with Crippen LogP contribution in [0.5, 0.6) is 0 Å². The second-order valence-corrected chi connectivity index (χ2v) is 11.2. The Morgan fingerprint density at radius 2 is 1.89 bits per heavy atom. The first-order chi connectivity index (χ1) is 16.6. The van der Waals surface area contributed by atoms with Crippen LogP contribution in [0.2, 0.25) is 0 Å². The molecule has 3 aliphatic carbocycles. The van der Waals surface area contributed by atoms with Crippen molar-refractivity contribution >= 4 is 23.6 Å². The number of carbonyl (C=O) groups excluding carboxylic acids is 4. The predicted molar refractivity (Wildman–Crippen MR) is 119 cm³/mol. The molecular weight excluding hydrogens is 479 g/mol. The van der Waals surface area contributed by atoms with Crippen LogP contribution >= 0.6 is 0 Å². The number of imide groups is 1. The zero-order chi connectivity index (χ0) is 26.4. The van der Waals surface area contributed by atoms with Gasteiger partial charge in [0, 0.05) is 34.9 Å². The van der Waals surface area contributed by atoms with Crippen LogP contribution in [0.3, 0.4) is 0 Å². The van der Waals surface area contributed by atoms with Crippen LogP contribution in [0.1, 0.15) is 72.7 Å². The number of nitrogens with zero attached hydrogens (tertiary/aromatic N) is 1. The van der Waals surface area contributed by atoms with E-state index >= 15 is 0 Å². The highest BCUT2D eigenvalue weighted by molar-refractivity contribution is 6.06. The third-order valence-corrected chi connectivity index (χ3v) is 9.16. The molecule has 5 aliphatic rings. The standard InChI is InChI=1S/C25H28F3N3O5/c1-12-23(10-24(12,11-23)22(2,3)36)21(25(26,27)28)30-18(33)13-4-5-15-14(8-13)9-31(20(15)35)16-6-7-17(32)29-19(16)34/h4-5,8,12,16,21,36H,6-7,9-11H2,1-3H3,(H,30,33)(H,29,32,34)/t12-,16?,21+,23?,24?/m0/s1. The van der Waals surface area contributed by atoms with Gasteiger partial charge in [-0.3, -0.25) is 24.5 Å². The number of hydrogen-bond acceptors (Lipinski definition) is 5. The van der Waals surface area contributed by atoms with E-state index in [1.165, 1.54) is 23.1 Å². The van der Waals surface area contributed by atoms with E-state index in [1.54, 1.807) is 20.8 Å². The Kier molecular flexibility index (Phi) is 5.17. The summed E-state index contributed by atoms with van der Waals surface area (Å²) >= 11 is 0. The number of amides is 4. The Labute approximate surface area is 205 Å². The molecular formula is C25H28F3N3O5. The molecule has 4 fully saturated rings. The number of nitrogens with one attached hydrogen (secondary N) is 2. The molecule has 0 aromatic heterocycles. The van der Waals surface area contributed by atoms with Gasteiger partial charge in [0.1, 0.15) is 12.1 Å². The topological polar surface area (TPSA) is 116 Å². The second kappa shape index (κ2) is 7.53. The zero-order valence-corrected chi connectivity index (χ0v) is 20.2. The Morgan fingerprint density at radius 1 is 1.22 bits per heavy atom. The minimum absolute atomic E-state index is 0.0132. The molecule has 2 heterocycles. The maximum Gasteiger partial charge on any atom is 0.409 e. The molecule has 11 heteroatoms. The molecule has 1 aromatic carbocycles. The second-order valence-electron chi connectivity index (χ2n) is 11.2. The van der Waals surface area contributed by atoms with Gasteiger partial charge in [0.25, 0.3) is 11.8 Å². The molecule has 194 valence electrons. The van der Waals surface area contributed by atoms with Crippen molar-refractivity contribution in [2.24, 2.45) is 16.7 Å². The fraction of sp³-hybridized carbons (Fsp3) is 0.600. The van der Waals surface area contributed by atoms with Gasteiger partial charge in [0.05, 0.1) is 5.60 Å². The molecule has 3 saturated carbocycles. The minimum Gasteiger partial charge on any atom is -0.390 e. The third kappa shape index (κ3) is 3.31. The Hall–Kier alpha value is -2.95. The van der Waals surface area contributed by atoms with E-state index in [2.05, 4.69) is 10.6 Å². The lowest BCUT2D eigenvalue weighted by atomic mass is 9.24. The summed E-state index contributed by atoms with van der Waals surface area (Å²) in [5.41, 5.74) is -2.19. The molecule has 3 N–H and O–H groups in total. The van der Waals surface area contributed by atoms with Crippen molar-refractivity contribution in [2.75, 3.05) is 0 Å². The lowest BCUT2D eigenvalue weighted by Gasteiger charge is -2.81. The average molecular weight is 508 g/mol. The third-order valence-electron chi connectivity index (χ3n) is 9.16. The number of hydrogen-bond donors (Lipinski definition) is 3. The molecule has 1 aromatic rings. The van der Waals surface area contributed by atoms with Gasteiger partial charge in [-0.2, -0.15) is 13.2 Å². The molecule has 3 atom stereocenters. The summed E-state index contributed by atoms with van der Waals surface area (Å²) in [6.45, 7) is 4.93. The molecule has 2 bridgehead atoms. The van der Waals surface area contributed by atoms with E-state index in [9.17, 15) is 37.5 Å². The molecule has 6 rings (SSSR count). The van der Waals surface area contributed by atoms with Crippen molar-refractivity contribution in [3.8, 4) is 0 Å². The number of alkyl halides is 3. The quantitative estimate of drug-likeness (QED) is 0.529. The molecule has 4 amide bonds. The van der Waals surface area contributed by atoms with Crippen molar-refractivity contribution < 1.29 is 37.5 Å². The lowest BCUT2D eigenvalue weighted by molar-refractivity contribution is -0.372. The molecule has 0 radical (unpaired) electrons. The monoisotopic (exact) mass is 507 g/mol. The number of carbonyl (C=O) groups is 4. The van der Waals surface area contributed by atoms with Crippen molar-refractivity contribution in [3.05, 3.63) is 34.9 Å². The number of piperidine rings is 1. The number of rotatable bonds is 5. The van der Waals surface area contributed by atoms with Gasteiger partial charge in [-0.05, 0) is 62.8 Å². The fourth-order valence-electron chi connectivity index (χ4n) is 6.92. The van der Waals surface area contributed by atoms with Gasteiger partial charge in [-0.1, -0.05) is 6.92 Å². The Bertz CT molecular complexity index is 1180. The Balaban J connectivity index is 1.34. The van der Waals surface area contributed by atoms with Crippen LogP contribution in [0, 0.1) is 16.7 Å². The summed E-state index contributed by atoms with van der Waals surface area (Å²) in [5.74, 6) is -2.74. The van der Waals surface area contributed by atoms with Crippen molar-refractivity contribution in [3.63, 3.8) is 0 Å². The van der Waals surface area contributed by atoms with Crippen molar-refractivity contribution in [1.29, 1.82) is 0 Å². The van der Waals surface area contributed by atoms with Crippen molar-refractivity contribution in [1.82, 2.24) is 15.5 Å². The lowest BCUT2D eigenvalue weighted by Crippen LogP contribution is -2.82. The molecule has 0 spiro atoms. The van der Waals surface area contributed by atoms with E-state index in [1.807, 2.05) is 0 Å². The van der Waals surface area contributed by atoms with E-state index in [4.69, 9.17) is 0 Å². The first kappa shape index (κ1) is 24.7. The zero-order valence-electron chi connectivity index (χ0n) is 20.2. The largest absolute Gasteiger partial charge is 0.409 e. The highest BCUT2D eigenvalue weighted by Gasteiger charge is 2.82. The van der Waals surface area contributed by atoms with Crippen LogP contribution in [-0.4, -0.2) is 57.5 Å². The van der Waals surface area contributed by atoms with Crippen LogP contribution < -0.4 is 10.6 Å². The van der Waals surface area contributed by atoms with E-state index in [0.717, 1.165) is 0 Å². The molecule has 8 nitrogen and oxygen atoms in total. The van der Waals surface area contributed by atoms with Crippen LogP contribution in [0.15, 0.2) is 18.2 Å². The molecule has 1 unspecified atom stereocenters. The summed E-state index contributed by atoms with van der Waals surface area (Å²) in [4.78, 5) is 50.8. The summed E-state index contributed by atoms with van der Waals surface area (Å²) in [6, 6.07) is 1.17. The highest BCUT2D eigenvalue weighted by atomic mass is 19.4. The first-order valence-corrected chi connectivity index (χ1v) is 12.0. The van der Waals surface area contributed by atoms with Gasteiger partial charge < -0.3 is 15.3 Å². The maximum absolute atomic E-state index is 14.1. The number of benzene rings is 1. The van der Waals surface area contributed by atoms with Gasteiger partial charge in [0.15, 0.2) is 0 Å². The normalized spacial score (nSPS) is 32.3. The van der Waals surface area contributed by atoms with Crippen molar-refractivity contribution in [2.45, 2.75) is 76.9 Å². The van der Waals surface area contributed by atoms with E-state index in [0.29, 0.717) is 5.56 Å². The first-order valence-electron chi connectivity index (χ1n) is 12.0. The van der Waals surface area contributed by atoms with E-state index < -0.39 is 64.2 Å². The summed E-state index contributed by atoms with van der Waals surface area (Å²) in [6.07, 6.45) is -4.05. The molecule has 2 aliphatic heterocycles. The SMILES string of the molecule is C[C@H]1C2([C@@H](NC(=O)c3ccc4c(c3)CN(C3CCC(=O)NC3=O)C4=O)C(F)(F)F)CC1(C(C)(C)O)C2. The number of aliphatic hydroxyl groups is 1. The molecule has 1 saturated heterocycles.